The molecule has 112 valence electrons. The lowest BCUT2D eigenvalue weighted by Gasteiger charge is -2.31. The van der Waals surface area contributed by atoms with E-state index in [-0.39, 0.29) is 5.97 Å². The molecule has 0 amide bonds. The number of carbonyl (C=O) groups excluding carboxylic acids is 1. The fourth-order valence-electron chi connectivity index (χ4n) is 2.10. The molecule has 1 unspecified atom stereocenters. The summed E-state index contributed by atoms with van der Waals surface area (Å²) in [5, 5.41) is 3.31. The van der Waals surface area contributed by atoms with Crippen molar-refractivity contribution in [3.05, 3.63) is 29.3 Å². The van der Waals surface area contributed by atoms with Crippen LogP contribution >= 0.6 is 0 Å². The van der Waals surface area contributed by atoms with E-state index in [2.05, 4.69) is 19.2 Å². The lowest BCUT2D eigenvalue weighted by molar-refractivity contribution is -0.148. The third-order valence-corrected chi connectivity index (χ3v) is 3.35. The average molecular weight is 279 g/mol. The van der Waals surface area contributed by atoms with Crippen LogP contribution in [0.25, 0.3) is 0 Å². The fraction of sp³-hybridized carbons (Fsp3) is 0.562. The first kappa shape index (κ1) is 16.5. The van der Waals surface area contributed by atoms with Crippen LogP contribution in [0.1, 0.15) is 31.9 Å². The summed E-state index contributed by atoms with van der Waals surface area (Å²) in [5.41, 5.74) is 0.950. The summed E-state index contributed by atoms with van der Waals surface area (Å²) in [6.45, 7) is 8.72. The highest BCUT2D eigenvalue weighted by atomic mass is 16.5. The first-order valence-electron chi connectivity index (χ1n) is 6.83. The van der Waals surface area contributed by atoms with Crippen LogP contribution in [0, 0.1) is 12.8 Å². The smallest absolute Gasteiger partial charge is 0.330 e. The topological polar surface area (TPSA) is 47.6 Å². The van der Waals surface area contributed by atoms with Crippen LogP contribution in [0.15, 0.2) is 18.2 Å². The van der Waals surface area contributed by atoms with Gasteiger partial charge in [-0.1, -0.05) is 25.5 Å². The van der Waals surface area contributed by atoms with Crippen LogP contribution in [-0.2, 0) is 15.1 Å². The summed E-state index contributed by atoms with van der Waals surface area (Å²) < 4.78 is 10.4. The van der Waals surface area contributed by atoms with Crippen LogP contribution in [0.2, 0.25) is 0 Å². The van der Waals surface area contributed by atoms with E-state index in [0.29, 0.717) is 18.2 Å². The first-order valence-corrected chi connectivity index (χ1v) is 6.83. The Balaban J connectivity index is 3.29. The van der Waals surface area contributed by atoms with Crippen molar-refractivity contribution in [2.75, 3.05) is 20.8 Å². The molecule has 4 nitrogen and oxygen atoms in total. The zero-order chi connectivity index (χ0) is 15.3. The van der Waals surface area contributed by atoms with Gasteiger partial charge in [0.2, 0.25) is 0 Å². The van der Waals surface area contributed by atoms with E-state index in [1.54, 1.807) is 7.11 Å². The number of methoxy groups -OCH3 is 2. The van der Waals surface area contributed by atoms with E-state index in [0.717, 1.165) is 11.1 Å². The average Bonchev–Trinajstić information content (AvgIpc) is 2.43. The van der Waals surface area contributed by atoms with Gasteiger partial charge in [0.25, 0.3) is 0 Å². The minimum absolute atomic E-state index is 0.318. The molecule has 1 aromatic carbocycles. The highest BCUT2D eigenvalue weighted by Gasteiger charge is 2.38. The maximum Gasteiger partial charge on any atom is 0.330 e. The van der Waals surface area contributed by atoms with Gasteiger partial charge in [0, 0.05) is 5.56 Å². The van der Waals surface area contributed by atoms with Crippen LogP contribution in [0.4, 0.5) is 0 Å². The summed E-state index contributed by atoms with van der Waals surface area (Å²) in [4.78, 5) is 12.3. The Bertz CT molecular complexity index is 471. The molecule has 0 spiro atoms. The van der Waals surface area contributed by atoms with E-state index in [1.807, 2.05) is 32.0 Å². The second kappa shape index (κ2) is 6.75. The van der Waals surface area contributed by atoms with Gasteiger partial charge in [0.05, 0.1) is 14.2 Å². The van der Waals surface area contributed by atoms with Gasteiger partial charge >= 0.3 is 5.97 Å². The van der Waals surface area contributed by atoms with Gasteiger partial charge in [0.15, 0.2) is 0 Å². The number of nitrogens with one attached hydrogen (secondary N) is 1. The summed E-state index contributed by atoms with van der Waals surface area (Å²) >= 11 is 0. The maximum absolute atomic E-state index is 12.3. The molecule has 1 atom stereocenters. The standard InChI is InChI=1S/C16H25NO3/c1-11(2)10-17-16(4,15(18)20-6)13-9-12(3)7-8-14(13)19-5/h7-9,11,17H,10H2,1-6H3. The van der Waals surface area contributed by atoms with Gasteiger partial charge in [-0.2, -0.15) is 0 Å². The Morgan fingerprint density at radius 3 is 2.50 bits per heavy atom. The Kier molecular flexibility index (Phi) is 5.57. The monoisotopic (exact) mass is 279 g/mol. The molecule has 0 aliphatic carbocycles. The van der Waals surface area contributed by atoms with E-state index >= 15 is 0 Å². The van der Waals surface area contributed by atoms with Gasteiger partial charge in [0.1, 0.15) is 11.3 Å². The predicted octanol–water partition coefficient (Wildman–Crippen LogP) is 2.64. The predicted molar refractivity (Wildman–Crippen MR) is 79.9 cm³/mol. The lowest BCUT2D eigenvalue weighted by Crippen LogP contribution is -2.49. The molecule has 0 saturated carbocycles. The molecule has 20 heavy (non-hydrogen) atoms. The molecular weight excluding hydrogens is 254 g/mol. The quantitative estimate of drug-likeness (QED) is 0.813. The molecule has 0 aliphatic heterocycles. The molecule has 0 radical (unpaired) electrons. The summed E-state index contributed by atoms with van der Waals surface area (Å²) in [6.07, 6.45) is 0. The van der Waals surface area contributed by atoms with Crippen molar-refractivity contribution in [1.29, 1.82) is 0 Å². The summed E-state index contributed by atoms with van der Waals surface area (Å²) in [6, 6.07) is 5.80. The van der Waals surface area contributed by atoms with Gasteiger partial charge < -0.3 is 9.47 Å². The Labute approximate surface area is 121 Å². The van der Waals surface area contributed by atoms with Crippen LogP contribution in [-0.4, -0.2) is 26.7 Å². The minimum Gasteiger partial charge on any atom is -0.496 e. The number of hydrogen-bond donors (Lipinski definition) is 1. The number of rotatable bonds is 6. The number of esters is 1. The van der Waals surface area contributed by atoms with E-state index in [4.69, 9.17) is 9.47 Å². The number of hydrogen-bond acceptors (Lipinski definition) is 4. The van der Waals surface area contributed by atoms with E-state index in [9.17, 15) is 4.79 Å². The van der Waals surface area contributed by atoms with Crippen molar-refractivity contribution in [2.45, 2.75) is 33.2 Å². The SMILES string of the molecule is COC(=O)C(C)(NCC(C)C)c1cc(C)ccc1OC. The fourth-order valence-corrected chi connectivity index (χ4v) is 2.10. The zero-order valence-electron chi connectivity index (χ0n) is 13.2. The maximum atomic E-state index is 12.3. The molecule has 1 N–H and O–H groups in total. The molecule has 0 fully saturated rings. The second-order valence-corrected chi connectivity index (χ2v) is 5.60. The number of carbonyl (C=O) groups is 1. The van der Waals surface area contributed by atoms with Crippen molar-refractivity contribution in [1.82, 2.24) is 5.32 Å². The van der Waals surface area contributed by atoms with Crippen LogP contribution < -0.4 is 10.1 Å². The third-order valence-electron chi connectivity index (χ3n) is 3.35. The van der Waals surface area contributed by atoms with Gasteiger partial charge in [-0.15, -0.1) is 0 Å². The van der Waals surface area contributed by atoms with Crippen LogP contribution in [0.3, 0.4) is 0 Å². The second-order valence-electron chi connectivity index (χ2n) is 5.60. The Morgan fingerprint density at radius 2 is 2.00 bits per heavy atom. The minimum atomic E-state index is -0.920. The molecule has 0 aromatic heterocycles. The van der Waals surface area contributed by atoms with Gasteiger partial charge in [-0.05, 0) is 38.4 Å². The highest BCUT2D eigenvalue weighted by Crippen LogP contribution is 2.32. The molecule has 0 aliphatic rings. The molecule has 1 aromatic rings. The van der Waals surface area contributed by atoms with E-state index in [1.165, 1.54) is 7.11 Å². The molecular formula is C16H25NO3. The van der Waals surface area contributed by atoms with Gasteiger partial charge in [-0.3, -0.25) is 5.32 Å². The lowest BCUT2D eigenvalue weighted by atomic mass is 9.89. The summed E-state index contributed by atoms with van der Waals surface area (Å²) in [5.74, 6) is 0.789. The zero-order valence-corrected chi connectivity index (χ0v) is 13.2. The molecule has 4 heteroatoms. The van der Waals surface area contributed by atoms with E-state index < -0.39 is 5.54 Å². The third kappa shape index (κ3) is 3.51. The highest BCUT2D eigenvalue weighted by molar-refractivity contribution is 5.83. The first-order chi connectivity index (χ1) is 9.35. The molecule has 0 bridgehead atoms. The molecule has 1 rings (SSSR count). The van der Waals surface area contributed by atoms with Crippen molar-refractivity contribution < 1.29 is 14.3 Å². The Hall–Kier alpha value is -1.55. The van der Waals surface area contributed by atoms with Crippen molar-refractivity contribution in [3.8, 4) is 5.75 Å². The number of ether oxygens (including phenoxy) is 2. The Morgan fingerprint density at radius 1 is 1.35 bits per heavy atom. The normalized spacial score (nSPS) is 13.9. The van der Waals surface area contributed by atoms with Crippen molar-refractivity contribution in [2.24, 2.45) is 5.92 Å². The summed E-state index contributed by atoms with van der Waals surface area (Å²) in [7, 11) is 3.01. The van der Waals surface area contributed by atoms with Gasteiger partial charge in [-0.25, -0.2) is 4.79 Å². The largest absolute Gasteiger partial charge is 0.496 e. The number of benzene rings is 1. The van der Waals surface area contributed by atoms with Crippen molar-refractivity contribution >= 4 is 5.97 Å². The molecule has 0 saturated heterocycles. The molecule has 0 heterocycles. The number of aryl methyl sites for hydroxylation is 1. The van der Waals surface area contributed by atoms with Crippen LogP contribution in [0.5, 0.6) is 5.75 Å². The van der Waals surface area contributed by atoms with Crippen molar-refractivity contribution in [3.63, 3.8) is 0 Å².